The van der Waals surface area contributed by atoms with Crippen LogP contribution < -0.4 is 5.73 Å². The van der Waals surface area contributed by atoms with E-state index < -0.39 is 0 Å². The van der Waals surface area contributed by atoms with Gasteiger partial charge in [0.2, 0.25) is 0 Å². The van der Waals surface area contributed by atoms with Crippen LogP contribution in [-0.2, 0) is 6.54 Å². The fraction of sp³-hybridized carbons (Fsp3) is 0.857. The fourth-order valence-corrected chi connectivity index (χ4v) is 2.95. The number of rotatable bonds is 7. The summed E-state index contributed by atoms with van der Waals surface area (Å²) in [5, 5.41) is 4.33. The Balaban J connectivity index is 2.03. The Bertz CT molecular complexity index is 368. The smallest absolute Gasteiger partial charge is 0.141 e. The molecule has 1 fully saturated rings. The Hall–Kier alpha value is -0.940. The lowest BCUT2D eigenvalue weighted by Gasteiger charge is -2.28. The number of nitrogens with two attached hydrogens (primary N) is 1. The molecule has 5 nitrogen and oxygen atoms in total. The van der Waals surface area contributed by atoms with Gasteiger partial charge in [-0.05, 0) is 39.7 Å². The second kappa shape index (κ2) is 7.01. The molecule has 2 N–H and O–H groups in total. The van der Waals surface area contributed by atoms with E-state index in [2.05, 4.69) is 28.8 Å². The maximum Gasteiger partial charge on any atom is 0.141 e. The molecule has 0 saturated heterocycles. The summed E-state index contributed by atoms with van der Waals surface area (Å²) >= 11 is 0. The van der Waals surface area contributed by atoms with Crippen LogP contribution in [0.4, 0.5) is 0 Å². The van der Waals surface area contributed by atoms with Crippen molar-refractivity contribution < 1.29 is 0 Å². The molecule has 0 spiro atoms. The van der Waals surface area contributed by atoms with Crippen molar-refractivity contribution in [2.45, 2.75) is 64.6 Å². The van der Waals surface area contributed by atoms with Crippen LogP contribution in [0.1, 0.15) is 57.8 Å². The van der Waals surface area contributed by atoms with Crippen molar-refractivity contribution in [1.29, 1.82) is 0 Å². The van der Waals surface area contributed by atoms with Gasteiger partial charge in [0.1, 0.15) is 12.2 Å². The average Bonchev–Trinajstić information content (AvgIpc) is 3.04. The molecule has 1 aliphatic rings. The van der Waals surface area contributed by atoms with Crippen LogP contribution in [-0.4, -0.2) is 38.8 Å². The van der Waals surface area contributed by atoms with Gasteiger partial charge in [0.25, 0.3) is 0 Å². The van der Waals surface area contributed by atoms with E-state index >= 15 is 0 Å². The first-order valence-corrected chi connectivity index (χ1v) is 7.55. The van der Waals surface area contributed by atoms with Gasteiger partial charge in [0.15, 0.2) is 0 Å². The molecule has 1 saturated carbocycles. The van der Waals surface area contributed by atoms with E-state index in [9.17, 15) is 0 Å². The molecule has 1 aliphatic carbocycles. The molecular formula is C14H27N5. The van der Waals surface area contributed by atoms with Gasteiger partial charge in [-0.3, -0.25) is 4.90 Å². The minimum absolute atomic E-state index is 0.373. The summed E-state index contributed by atoms with van der Waals surface area (Å²) in [6, 6.07) is 1.08. The van der Waals surface area contributed by atoms with Gasteiger partial charge in [-0.15, -0.1) is 0 Å². The highest BCUT2D eigenvalue weighted by molar-refractivity contribution is 4.89. The molecule has 1 heterocycles. The molecule has 0 bridgehead atoms. The van der Waals surface area contributed by atoms with Crippen LogP contribution in [0.25, 0.3) is 0 Å². The van der Waals surface area contributed by atoms with Crippen molar-refractivity contribution in [2.24, 2.45) is 5.73 Å². The van der Waals surface area contributed by atoms with E-state index in [-0.39, 0.29) is 0 Å². The molecular weight excluding hydrogens is 238 g/mol. The second-order valence-electron chi connectivity index (χ2n) is 5.77. The highest BCUT2D eigenvalue weighted by Gasteiger charge is 2.23. The van der Waals surface area contributed by atoms with Gasteiger partial charge in [0.05, 0.1) is 6.54 Å². The minimum Gasteiger partial charge on any atom is -0.330 e. The lowest BCUT2D eigenvalue weighted by molar-refractivity contribution is 0.179. The van der Waals surface area contributed by atoms with E-state index in [1.165, 1.54) is 25.7 Å². The Labute approximate surface area is 116 Å². The third kappa shape index (κ3) is 3.76. The van der Waals surface area contributed by atoms with Crippen molar-refractivity contribution in [2.75, 3.05) is 13.1 Å². The highest BCUT2D eigenvalue weighted by Crippen LogP contribution is 2.25. The van der Waals surface area contributed by atoms with E-state index in [1.807, 2.05) is 4.68 Å². The molecule has 108 valence electrons. The molecule has 1 aromatic heterocycles. The zero-order chi connectivity index (χ0) is 13.7. The Morgan fingerprint density at radius 1 is 1.42 bits per heavy atom. The lowest BCUT2D eigenvalue weighted by Crippen LogP contribution is -2.35. The normalized spacial score (nSPS) is 16.9. The number of hydrogen-bond donors (Lipinski definition) is 1. The number of hydrogen-bond acceptors (Lipinski definition) is 4. The highest BCUT2D eigenvalue weighted by atomic mass is 15.4. The largest absolute Gasteiger partial charge is 0.330 e. The third-order valence-electron chi connectivity index (χ3n) is 3.97. The van der Waals surface area contributed by atoms with Crippen LogP contribution in [0.5, 0.6) is 0 Å². The van der Waals surface area contributed by atoms with Crippen molar-refractivity contribution in [3.8, 4) is 0 Å². The number of aromatic nitrogens is 3. The summed E-state index contributed by atoms with van der Waals surface area (Å²) in [6.07, 6.45) is 8.10. The van der Waals surface area contributed by atoms with Gasteiger partial charge in [-0.2, -0.15) is 5.10 Å². The first kappa shape index (κ1) is 14.5. The molecule has 2 rings (SSSR count). The predicted octanol–water partition coefficient (Wildman–Crippen LogP) is 1.95. The Morgan fingerprint density at radius 2 is 2.16 bits per heavy atom. The van der Waals surface area contributed by atoms with Gasteiger partial charge in [-0.25, -0.2) is 9.67 Å². The molecule has 0 aliphatic heterocycles. The zero-order valence-corrected chi connectivity index (χ0v) is 12.3. The minimum atomic E-state index is 0.373. The van der Waals surface area contributed by atoms with Crippen molar-refractivity contribution in [3.63, 3.8) is 0 Å². The van der Waals surface area contributed by atoms with Crippen LogP contribution in [0.2, 0.25) is 0 Å². The molecule has 0 aromatic carbocycles. The van der Waals surface area contributed by atoms with Crippen molar-refractivity contribution >= 4 is 0 Å². The third-order valence-corrected chi connectivity index (χ3v) is 3.97. The van der Waals surface area contributed by atoms with E-state index in [0.717, 1.165) is 31.9 Å². The van der Waals surface area contributed by atoms with E-state index in [1.54, 1.807) is 6.33 Å². The summed E-state index contributed by atoms with van der Waals surface area (Å²) in [4.78, 5) is 6.99. The average molecular weight is 265 g/mol. The molecule has 1 aromatic rings. The maximum absolute atomic E-state index is 5.67. The fourth-order valence-electron chi connectivity index (χ4n) is 2.95. The predicted molar refractivity (Wildman–Crippen MR) is 76.7 cm³/mol. The Kier molecular flexibility index (Phi) is 5.34. The van der Waals surface area contributed by atoms with Crippen LogP contribution in [0.3, 0.4) is 0 Å². The molecule has 0 atom stereocenters. The summed E-state index contributed by atoms with van der Waals surface area (Å²) < 4.78 is 2.03. The standard InChI is InChI=1S/C14H27N5/c1-12(2)19-14(16-11-17-19)10-18(9-5-8-15)13-6-3-4-7-13/h11-13H,3-10,15H2,1-2H3. The SMILES string of the molecule is CC(C)n1ncnc1CN(CCCN)C1CCCC1. The molecule has 0 amide bonds. The molecule has 19 heavy (non-hydrogen) atoms. The summed E-state index contributed by atoms with van der Waals surface area (Å²) in [6.45, 7) is 7.05. The number of nitrogens with zero attached hydrogens (tertiary/aromatic N) is 4. The molecule has 5 heteroatoms. The maximum atomic E-state index is 5.67. The summed E-state index contributed by atoms with van der Waals surface area (Å²) in [7, 11) is 0. The summed E-state index contributed by atoms with van der Waals surface area (Å²) in [5.74, 6) is 1.08. The van der Waals surface area contributed by atoms with Gasteiger partial charge >= 0.3 is 0 Å². The quantitative estimate of drug-likeness (QED) is 0.818. The van der Waals surface area contributed by atoms with Gasteiger partial charge in [-0.1, -0.05) is 12.8 Å². The lowest BCUT2D eigenvalue weighted by atomic mass is 10.2. The molecule has 0 unspecified atom stereocenters. The van der Waals surface area contributed by atoms with Crippen molar-refractivity contribution in [3.05, 3.63) is 12.2 Å². The molecule has 0 radical (unpaired) electrons. The van der Waals surface area contributed by atoms with E-state index in [0.29, 0.717) is 12.1 Å². The van der Waals surface area contributed by atoms with E-state index in [4.69, 9.17) is 5.73 Å². The van der Waals surface area contributed by atoms with Crippen LogP contribution in [0.15, 0.2) is 6.33 Å². The first-order chi connectivity index (χ1) is 9.22. The monoisotopic (exact) mass is 265 g/mol. The van der Waals surface area contributed by atoms with Gasteiger partial charge in [0, 0.05) is 18.6 Å². The van der Waals surface area contributed by atoms with Crippen molar-refractivity contribution in [1.82, 2.24) is 19.7 Å². The zero-order valence-electron chi connectivity index (χ0n) is 12.3. The first-order valence-electron chi connectivity index (χ1n) is 7.55. The summed E-state index contributed by atoms with van der Waals surface area (Å²) in [5.41, 5.74) is 5.67. The second-order valence-corrected chi connectivity index (χ2v) is 5.77. The van der Waals surface area contributed by atoms with Crippen LogP contribution >= 0.6 is 0 Å². The van der Waals surface area contributed by atoms with Crippen LogP contribution in [0, 0.1) is 0 Å². The van der Waals surface area contributed by atoms with Gasteiger partial charge < -0.3 is 5.73 Å². The Morgan fingerprint density at radius 3 is 2.79 bits per heavy atom. The topological polar surface area (TPSA) is 60.0 Å².